The van der Waals surface area contributed by atoms with Crippen LogP contribution in [0.2, 0.25) is 0 Å². The molecule has 4 aromatic rings. The Balaban J connectivity index is 1.39. The fraction of sp³-hybridized carbons (Fsp3) is 0.231. The standard InChI is InChI=1S/C26H25N3O2/c1-19-9-7-12-21(20-10-3-2-4-11-20)24(19)25(30)28-15-8-16-29(18-17-28)26-27-22-13-5-6-14-23(22)31-26/h2-7,9-14H,8,15-18H2,1H3. The van der Waals surface area contributed by atoms with Crippen LogP contribution in [0.25, 0.3) is 22.2 Å². The third-order valence-corrected chi connectivity index (χ3v) is 5.91. The van der Waals surface area contributed by atoms with Gasteiger partial charge in [-0.25, -0.2) is 0 Å². The van der Waals surface area contributed by atoms with Gasteiger partial charge in [0, 0.05) is 26.2 Å². The number of benzene rings is 3. The highest BCUT2D eigenvalue weighted by atomic mass is 16.4. The number of aryl methyl sites for hydroxylation is 1. The predicted molar refractivity (Wildman–Crippen MR) is 123 cm³/mol. The van der Waals surface area contributed by atoms with Crippen LogP contribution in [0.1, 0.15) is 22.3 Å². The van der Waals surface area contributed by atoms with Crippen LogP contribution in [0.5, 0.6) is 0 Å². The van der Waals surface area contributed by atoms with Gasteiger partial charge in [-0.05, 0) is 42.2 Å². The first-order valence-corrected chi connectivity index (χ1v) is 10.8. The van der Waals surface area contributed by atoms with Gasteiger partial charge < -0.3 is 14.2 Å². The van der Waals surface area contributed by atoms with Gasteiger partial charge in [0.25, 0.3) is 11.9 Å². The molecule has 2 heterocycles. The Bertz CT molecular complexity index is 1180. The van der Waals surface area contributed by atoms with Crippen LogP contribution in [0.3, 0.4) is 0 Å². The molecule has 1 fully saturated rings. The number of carbonyl (C=O) groups excluding carboxylic acids is 1. The van der Waals surface area contributed by atoms with Gasteiger partial charge in [-0.15, -0.1) is 0 Å². The number of nitrogens with zero attached hydrogens (tertiary/aromatic N) is 3. The monoisotopic (exact) mass is 411 g/mol. The highest BCUT2D eigenvalue weighted by molar-refractivity contribution is 6.02. The van der Waals surface area contributed by atoms with Crippen molar-refractivity contribution in [1.29, 1.82) is 0 Å². The van der Waals surface area contributed by atoms with Crippen molar-refractivity contribution in [2.45, 2.75) is 13.3 Å². The maximum absolute atomic E-state index is 13.6. The van der Waals surface area contributed by atoms with E-state index in [0.29, 0.717) is 19.1 Å². The summed E-state index contributed by atoms with van der Waals surface area (Å²) in [5, 5.41) is 0. The van der Waals surface area contributed by atoms with Gasteiger partial charge in [0.2, 0.25) is 0 Å². The first-order valence-electron chi connectivity index (χ1n) is 10.8. The molecule has 0 bridgehead atoms. The Hall–Kier alpha value is -3.60. The lowest BCUT2D eigenvalue weighted by atomic mass is 9.95. The van der Waals surface area contributed by atoms with Crippen molar-refractivity contribution in [3.8, 4) is 11.1 Å². The van der Waals surface area contributed by atoms with E-state index in [1.54, 1.807) is 0 Å². The van der Waals surface area contributed by atoms with Crippen LogP contribution in [-0.2, 0) is 0 Å². The third kappa shape index (κ3) is 3.79. The zero-order valence-corrected chi connectivity index (χ0v) is 17.6. The average molecular weight is 412 g/mol. The second kappa shape index (κ2) is 8.26. The van der Waals surface area contributed by atoms with Gasteiger partial charge >= 0.3 is 0 Å². The Labute approximate surface area is 181 Å². The fourth-order valence-corrected chi connectivity index (χ4v) is 4.28. The summed E-state index contributed by atoms with van der Waals surface area (Å²) in [7, 11) is 0. The summed E-state index contributed by atoms with van der Waals surface area (Å²) in [6, 6.07) is 24.6. The molecular formula is C26H25N3O2. The molecule has 5 rings (SSSR count). The van der Waals surface area contributed by atoms with Crippen molar-refractivity contribution < 1.29 is 9.21 Å². The van der Waals surface area contributed by atoms with Gasteiger partial charge in [0.1, 0.15) is 5.52 Å². The van der Waals surface area contributed by atoms with Crippen LogP contribution >= 0.6 is 0 Å². The number of hydrogen-bond donors (Lipinski definition) is 0. The van der Waals surface area contributed by atoms with Crippen LogP contribution in [0.4, 0.5) is 6.01 Å². The van der Waals surface area contributed by atoms with Crippen LogP contribution in [0.15, 0.2) is 77.2 Å². The summed E-state index contributed by atoms with van der Waals surface area (Å²) >= 11 is 0. The second-order valence-corrected chi connectivity index (χ2v) is 7.96. The number of hydrogen-bond acceptors (Lipinski definition) is 4. The fourth-order valence-electron chi connectivity index (χ4n) is 4.28. The molecule has 0 spiro atoms. The van der Waals surface area contributed by atoms with E-state index in [0.717, 1.165) is 52.9 Å². The first kappa shape index (κ1) is 19.4. The van der Waals surface area contributed by atoms with Crippen molar-refractivity contribution in [3.05, 3.63) is 83.9 Å². The first-order chi connectivity index (χ1) is 15.2. The predicted octanol–water partition coefficient (Wildman–Crippen LogP) is 5.16. The number of aromatic nitrogens is 1. The number of rotatable bonds is 3. The summed E-state index contributed by atoms with van der Waals surface area (Å²) in [6.07, 6.45) is 0.872. The zero-order chi connectivity index (χ0) is 21.2. The van der Waals surface area contributed by atoms with E-state index in [2.05, 4.69) is 22.0 Å². The van der Waals surface area contributed by atoms with Crippen LogP contribution in [-0.4, -0.2) is 42.0 Å². The largest absolute Gasteiger partial charge is 0.423 e. The number of fused-ring (bicyclic) bond motifs is 1. The van der Waals surface area contributed by atoms with E-state index >= 15 is 0 Å². The number of carbonyl (C=O) groups is 1. The van der Waals surface area contributed by atoms with E-state index in [9.17, 15) is 4.79 Å². The van der Waals surface area contributed by atoms with Crippen LogP contribution < -0.4 is 4.90 Å². The number of anilines is 1. The molecule has 5 heteroatoms. The lowest BCUT2D eigenvalue weighted by Gasteiger charge is -2.23. The van der Waals surface area contributed by atoms with Crippen molar-refractivity contribution in [2.24, 2.45) is 0 Å². The quantitative estimate of drug-likeness (QED) is 0.467. The van der Waals surface area contributed by atoms with E-state index in [4.69, 9.17) is 4.42 Å². The number of amides is 1. The SMILES string of the molecule is Cc1cccc(-c2ccccc2)c1C(=O)N1CCCN(c2nc3ccccc3o2)CC1. The minimum Gasteiger partial charge on any atom is -0.423 e. The second-order valence-electron chi connectivity index (χ2n) is 7.96. The van der Waals surface area contributed by atoms with Crippen molar-refractivity contribution in [1.82, 2.24) is 9.88 Å². The Morgan fingerprint density at radius 1 is 0.871 bits per heavy atom. The summed E-state index contributed by atoms with van der Waals surface area (Å²) in [5.41, 5.74) is 5.52. The van der Waals surface area contributed by atoms with Gasteiger partial charge in [-0.1, -0.05) is 60.7 Å². The number of para-hydroxylation sites is 2. The normalized spacial score (nSPS) is 14.6. The van der Waals surface area contributed by atoms with Crippen molar-refractivity contribution in [3.63, 3.8) is 0 Å². The molecular weight excluding hydrogens is 386 g/mol. The molecule has 1 aliphatic rings. The molecule has 1 aromatic heterocycles. The lowest BCUT2D eigenvalue weighted by molar-refractivity contribution is 0.0767. The summed E-state index contributed by atoms with van der Waals surface area (Å²) < 4.78 is 5.95. The smallest absolute Gasteiger partial charge is 0.298 e. The van der Waals surface area contributed by atoms with E-state index < -0.39 is 0 Å². The van der Waals surface area contributed by atoms with E-state index in [1.165, 1.54) is 0 Å². The highest BCUT2D eigenvalue weighted by Crippen LogP contribution is 2.28. The average Bonchev–Trinajstić information content (AvgIpc) is 3.08. The topological polar surface area (TPSA) is 49.6 Å². The molecule has 0 aliphatic carbocycles. The molecule has 156 valence electrons. The Kier molecular flexibility index (Phi) is 5.16. The molecule has 1 saturated heterocycles. The molecule has 31 heavy (non-hydrogen) atoms. The van der Waals surface area contributed by atoms with E-state index in [-0.39, 0.29) is 5.91 Å². The lowest BCUT2D eigenvalue weighted by Crippen LogP contribution is -2.36. The van der Waals surface area contributed by atoms with Crippen molar-refractivity contribution in [2.75, 3.05) is 31.1 Å². The van der Waals surface area contributed by atoms with Gasteiger partial charge in [0.15, 0.2) is 5.58 Å². The molecule has 0 N–H and O–H groups in total. The molecule has 1 aliphatic heterocycles. The molecule has 0 radical (unpaired) electrons. The highest BCUT2D eigenvalue weighted by Gasteiger charge is 2.25. The summed E-state index contributed by atoms with van der Waals surface area (Å²) in [4.78, 5) is 22.4. The zero-order valence-electron chi connectivity index (χ0n) is 17.6. The summed E-state index contributed by atoms with van der Waals surface area (Å²) in [5.74, 6) is 0.0939. The minimum absolute atomic E-state index is 0.0939. The molecule has 0 atom stereocenters. The van der Waals surface area contributed by atoms with Crippen LogP contribution in [0, 0.1) is 6.92 Å². The molecule has 3 aromatic carbocycles. The van der Waals surface area contributed by atoms with Crippen molar-refractivity contribution >= 4 is 23.0 Å². The van der Waals surface area contributed by atoms with Gasteiger partial charge in [0.05, 0.1) is 5.56 Å². The molecule has 5 nitrogen and oxygen atoms in total. The maximum Gasteiger partial charge on any atom is 0.298 e. The van der Waals surface area contributed by atoms with Gasteiger partial charge in [-0.3, -0.25) is 4.79 Å². The number of oxazole rings is 1. The third-order valence-electron chi connectivity index (χ3n) is 5.91. The molecule has 0 saturated carbocycles. The minimum atomic E-state index is 0.0939. The maximum atomic E-state index is 13.6. The van der Waals surface area contributed by atoms with E-state index in [1.807, 2.05) is 72.5 Å². The Morgan fingerprint density at radius 2 is 1.68 bits per heavy atom. The van der Waals surface area contributed by atoms with Gasteiger partial charge in [-0.2, -0.15) is 4.98 Å². The molecule has 0 unspecified atom stereocenters. The Morgan fingerprint density at radius 3 is 2.52 bits per heavy atom. The summed E-state index contributed by atoms with van der Waals surface area (Å²) in [6.45, 7) is 4.89. The molecule has 1 amide bonds.